The van der Waals surface area contributed by atoms with E-state index in [1.807, 2.05) is 20.9 Å². The summed E-state index contributed by atoms with van der Waals surface area (Å²) in [6.07, 6.45) is 6.00. The van der Waals surface area contributed by atoms with E-state index in [1.165, 1.54) is 4.31 Å². The molecule has 136 valence electrons. The van der Waals surface area contributed by atoms with Crippen LogP contribution in [-0.2, 0) is 17.1 Å². The molecule has 1 aliphatic heterocycles. The van der Waals surface area contributed by atoms with Gasteiger partial charge in [-0.3, -0.25) is 0 Å². The quantitative estimate of drug-likeness (QED) is 0.799. The van der Waals surface area contributed by atoms with Gasteiger partial charge in [0.15, 0.2) is 5.03 Å². The van der Waals surface area contributed by atoms with Gasteiger partial charge in [0.25, 0.3) is 10.0 Å². The van der Waals surface area contributed by atoms with Gasteiger partial charge >= 0.3 is 6.01 Å². The third kappa shape index (κ3) is 3.82. The second-order valence-corrected chi connectivity index (χ2v) is 8.36. The molecule has 0 saturated carbocycles. The predicted molar refractivity (Wildman–Crippen MR) is 91.7 cm³/mol. The van der Waals surface area contributed by atoms with Crippen LogP contribution in [0.5, 0.6) is 6.01 Å². The lowest BCUT2D eigenvalue weighted by atomic mass is 10.1. The van der Waals surface area contributed by atoms with Crippen molar-refractivity contribution in [2.75, 3.05) is 13.1 Å². The molecule has 1 fully saturated rings. The Morgan fingerprint density at radius 2 is 2.00 bits per heavy atom. The van der Waals surface area contributed by atoms with Gasteiger partial charge in [0.1, 0.15) is 11.9 Å². The summed E-state index contributed by atoms with van der Waals surface area (Å²) < 4.78 is 34.8. The summed E-state index contributed by atoms with van der Waals surface area (Å²) in [5, 5.41) is 0.0929. The lowest BCUT2D eigenvalue weighted by Gasteiger charge is -2.30. The molecule has 0 aromatic carbocycles. The summed E-state index contributed by atoms with van der Waals surface area (Å²) in [5.41, 5.74) is 0. The number of piperidine rings is 1. The molecule has 2 aromatic rings. The smallest absolute Gasteiger partial charge is 0.316 e. The molecule has 0 N–H and O–H groups in total. The maximum atomic E-state index is 12.9. The Morgan fingerprint density at radius 1 is 1.28 bits per heavy atom. The van der Waals surface area contributed by atoms with E-state index in [2.05, 4.69) is 15.0 Å². The number of hydrogen-bond acceptors (Lipinski definition) is 6. The Hall–Kier alpha value is -2.00. The van der Waals surface area contributed by atoms with Gasteiger partial charge in [0.05, 0.1) is 6.54 Å². The Bertz CT molecular complexity index is 820. The van der Waals surface area contributed by atoms with Gasteiger partial charge in [-0.05, 0) is 18.9 Å². The molecule has 1 saturated heterocycles. The molecule has 0 spiro atoms. The molecule has 0 radical (unpaired) electrons. The standard InChI is InChI=1S/C16H23N5O3S/c1-12(2)15-19-14(11-20(15)3)25(22,23)21-9-4-6-13(10-21)24-16-17-7-5-8-18-16/h5,7-8,11-13H,4,6,9-10H2,1-3H3. The molecule has 0 aliphatic carbocycles. The first-order chi connectivity index (χ1) is 11.9. The third-order valence-corrected chi connectivity index (χ3v) is 5.90. The SMILES string of the molecule is CC(C)c1nc(S(=O)(=O)N2CCCC(Oc3ncccn3)C2)cn1C. The highest BCUT2D eigenvalue weighted by molar-refractivity contribution is 7.89. The fraction of sp³-hybridized carbons (Fsp3) is 0.562. The van der Waals surface area contributed by atoms with Crippen LogP contribution in [-0.4, -0.2) is 51.4 Å². The summed E-state index contributed by atoms with van der Waals surface area (Å²) in [7, 11) is -1.83. The summed E-state index contributed by atoms with van der Waals surface area (Å²) in [4.78, 5) is 12.4. The Kier molecular flexibility index (Phi) is 5.05. The molecule has 2 aromatic heterocycles. The van der Waals surface area contributed by atoms with Crippen LogP contribution in [0.25, 0.3) is 0 Å². The highest BCUT2D eigenvalue weighted by atomic mass is 32.2. The minimum absolute atomic E-state index is 0.0929. The molecular weight excluding hydrogens is 342 g/mol. The van der Waals surface area contributed by atoms with Crippen LogP contribution in [0.1, 0.15) is 38.4 Å². The first-order valence-electron chi connectivity index (χ1n) is 8.35. The van der Waals surface area contributed by atoms with Gasteiger partial charge in [-0.25, -0.2) is 23.4 Å². The average molecular weight is 365 g/mol. The van der Waals surface area contributed by atoms with E-state index in [4.69, 9.17) is 4.74 Å². The van der Waals surface area contributed by atoms with Crippen LogP contribution < -0.4 is 4.74 Å². The van der Waals surface area contributed by atoms with Crippen LogP contribution in [0.4, 0.5) is 0 Å². The molecule has 1 aliphatic rings. The zero-order valence-corrected chi connectivity index (χ0v) is 15.5. The fourth-order valence-electron chi connectivity index (χ4n) is 2.96. The van der Waals surface area contributed by atoms with E-state index in [1.54, 1.807) is 29.2 Å². The highest BCUT2D eigenvalue weighted by Crippen LogP contribution is 2.23. The van der Waals surface area contributed by atoms with Gasteiger partial charge in [0.2, 0.25) is 0 Å². The van der Waals surface area contributed by atoms with Gasteiger partial charge in [-0.1, -0.05) is 13.8 Å². The molecule has 1 atom stereocenters. The first kappa shape index (κ1) is 17.8. The second-order valence-electron chi connectivity index (χ2n) is 6.48. The number of nitrogens with zero attached hydrogens (tertiary/aromatic N) is 5. The van der Waals surface area contributed by atoms with Crippen molar-refractivity contribution >= 4 is 10.0 Å². The minimum Gasteiger partial charge on any atom is -0.459 e. The van der Waals surface area contributed by atoms with Crippen molar-refractivity contribution in [1.82, 2.24) is 23.8 Å². The van der Waals surface area contributed by atoms with Gasteiger partial charge < -0.3 is 9.30 Å². The maximum Gasteiger partial charge on any atom is 0.316 e. The molecule has 0 bridgehead atoms. The van der Waals surface area contributed by atoms with Crippen molar-refractivity contribution < 1.29 is 13.2 Å². The zero-order chi connectivity index (χ0) is 18.0. The highest BCUT2D eigenvalue weighted by Gasteiger charge is 2.33. The van der Waals surface area contributed by atoms with Crippen molar-refractivity contribution in [1.29, 1.82) is 0 Å². The number of ether oxygens (including phenoxy) is 1. The largest absolute Gasteiger partial charge is 0.459 e. The summed E-state index contributed by atoms with van der Waals surface area (Å²) in [6, 6.07) is 1.98. The first-order valence-corrected chi connectivity index (χ1v) is 9.79. The lowest BCUT2D eigenvalue weighted by molar-refractivity contribution is 0.119. The van der Waals surface area contributed by atoms with Crippen molar-refractivity contribution in [2.45, 2.75) is 43.7 Å². The van der Waals surface area contributed by atoms with E-state index in [9.17, 15) is 8.42 Å². The van der Waals surface area contributed by atoms with Gasteiger partial charge in [0, 0.05) is 38.1 Å². The van der Waals surface area contributed by atoms with Crippen molar-refractivity contribution in [3.8, 4) is 6.01 Å². The normalized spacial score (nSPS) is 19.3. The summed E-state index contributed by atoms with van der Waals surface area (Å²) in [5.74, 6) is 0.905. The second kappa shape index (κ2) is 7.09. The third-order valence-electron chi connectivity index (χ3n) is 4.17. The fourth-order valence-corrected chi connectivity index (χ4v) is 4.46. The van der Waals surface area contributed by atoms with Crippen molar-refractivity contribution in [3.63, 3.8) is 0 Å². The number of aryl methyl sites for hydroxylation is 1. The van der Waals surface area contributed by atoms with Crippen LogP contribution in [0.2, 0.25) is 0 Å². The van der Waals surface area contributed by atoms with Crippen LogP contribution in [0.3, 0.4) is 0 Å². The Balaban J connectivity index is 1.77. The number of hydrogen-bond donors (Lipinski definition) is 0. The van der Waals surface area contributed by atoms with E-state index >= 15 is 0 Å². The van der Waals surface area contributed by atoms with E-state index in [0.29, 0.717) is 6.54 Å². The molecule has 8 nitrogen and oxygen atoms in total. The number of aromatic nitrogens is 4. The average Bonchev–Trinajstić information content (AvgIpc) is 2.99. The van der Waals surface area contributed by atoms with Crippen molar-refractivity contribution in [2.24, 2.45) is 7.05 Å². The summed E-state index contributed by atoms with van der Waals surface area (Å²) in [6.45, 7) is 4.71. The van der Waals surface area contributed by atoms with Crippen molar-refractivity contribution in [3.05, 3.63) is 30.5 Å². The summed E-state index contributed by atoms with van der Waals surface area (Å²) >= 11 is 0. The monoisotopic (exact) mass is 365 g/mol. The van der Waals surface area contributed by atoms with E-state index in [-0.39, 0.29) is 29.6 Å². The van der Waals surface area contributed by atoms with E-state index in [0.717, 1.165) is 18.7 Å². The van der Waals surface area contributed by atoms with Gasteiger partial charge in [-0.15, -0.1) is 0 Å². The van der Waals surface area contributed by atoms with Crippen LogP contribution in [0, 0.1) is 0 Å². The lowest BCUT2D eigenvalue weighted by Crippen LogP contribution is -2.44. The molecule has 1 unspecified atom stereocenters. The topological polar surface area (TPSA) is 90.2 Å². The number of sulfonamides is 1. The number of rotatable bonds is 5. The van der Waals surface area contributed by atoms with Crippen LogP contribution in [0.15, 0.2) is 29.7 Å². The predicted octanol–water partition coefficient (Wildman–Crippen LogP) is 1.57. The minimum atomic E-state index is -3.64. The number of imidazole rings is 1. The van der Waals surface area contributed by atoms with Gasteiger partial charge in [-0.2, -0.15) is 4.31 Å². The maximum absolute atomic E-state index is 12.9. The molecular formula is C16H23N5O3S. The zero-order valence-electron chi connectivity index (χ0n) is 14.7. The van der Waals surface area contributed by atoms with E-state index < -0.39 is 10.0 Å². The Labute approximate surface area is 147 Å². The molecule has 25 heavy (non-hydrogen) atoms. The molecule has 0 amide bonds. The molecule has 3 rings (SSSR count). The molecule has 9 heteroatoms. The molecule has 3 heterocycles. The Morgan fingerprint density at radius 3 is 2.64 bits per heavy atom. The van der Waals surface area contributed by atoms with Crippen LogP contribution >= 0.6 is 0 Å².